The highest BCUT2D eigenvalue weighted by Crippen LogP contribution is 2.24. The van der Waals surface area contributed by atoms with Crippen molar-refractivity contribution in [2.24, 2.45) is 0 Å². The fourth-order valence-corrected chi connectivity index (χ4v) is 3.69. The molecule has 0 fully saturated rings. The van der Waals surface area contributed by atoms with E-state index in [0.717, 1.165) is 40.5 Å². The maximum Gasteiger partial charge on any atom is 0.262 e. The fraction of sp³-hybridized carbons (Fsp3) is 0.185. The molecule has 5 heteroatoms. The van der Waals surface area contributed by atoms with E-state index in [1.807, 2.05) is 85.3 Å². The average Bonchev–Trinajstić information content (AvgIpc) is 3.08. The van der Waals surface area contributed by atoms with Gasteiger partial charge in [-0.15, -0.1) is 0 Å². The summed E-state index contributed by atoms with van der Waals surface area (Å²) in [6.07, 6.45) is 0.750. The van der Waals surface area contributed by atoms with Crippen molar-refractivity contribution in [3.05, 3.63) is 107 Å². The summed E-state index contributed by atoms with van der Waals surface area (Å²) in [6, 6.07) is 26.2. The SMILES string of the molecule is Cc1ccc(-n2nc(C)c(NC(=O)COc3ccccc3Cc3ccccc3)c2C)cc1. The molecule has 0 radical (unpaired) electrons. The first-order chi connectivity index (χ1) is 15.5. The highest BCUT2D eigenvalue weighted by atomic mass is 16.5. The highest BCUT2D eigenvalue weighted by Gasteiger charge is 2.16. The number of hydrogen-bond donors (Lipinski definition) is 1. The summed E-state index contributed by atoms with van der Waals surface area (Å²) >= 11 is 0. The van der Waals surface area contributed by atoms with E-state index < -0.39 is 0 Å². The number of ether oxygens (including phenoxy) is 1. The summed E-state index contributed by atoms with van der Waals surface area (Å²) < 4.78 is 7.74. The summed E-state index contributed by atoms with van der Waals surface area (Å²) in [7, 11) is 0. The molecule has 0 unspecified atom stereocenters. The van der Waals surface area contributed by atoms with Crippen LogP contribution in [0.3, 0.4) is 0 Å². The molecule has 0 aliphatic carbocycles. The third-order valence-electron chi connectivity index (χ3n) is 5.40. The van der Waals surface area contributed by atoms with Gasteiger partial charge >= 0.3 is 0 Å². The number of nitrogens with one attached hydrogen (secondary N) is 1. The zero-order chi connectivity index (χ0) is 22.5. The number of aryl methyl sites for hydroxylation is 2. The quantitative estimate of drug-likeness (QED) is 0.431. The predicted octanol–water partition coefficient (Wildman–Crippen LogP) is 5.41. The Kier molecular flexibility index (Phi) is 6.36. The molecule has 0 spiro atoms. The molecule has 4 rings (SSSR count). The molecule has 0 bridgehead atoms. The lowest BCUT2D eigenvalue weighted by atomic mass is 10.0. The summed E-state index contributed by atoms with van der Waals surface area (Å²) in [5, 5.41) is 7.58. The zero-order valence-corrected chi connectivity index (χ0v) is 18.6. The van der Waals surface area contributed by atoms with Crippen LogP contribution in [0.4, 0.5) is 5.69 Å². The van der Waals surface area contributed by atoms with E-state index in [1.54, 1.807) is 0 Å². The van der Waals surface area contributed by atoms with Crippen LogP contribution in [0, 0.1) is 20.8 Å². The number of rotatable bonds is 7. The molecule has 1 amide bonds. The smallest absolute Gasteiger partial charge is 0.262 e. The number of nitrogens with zero attached hydrogens (tertiary/aromatic N) is 2. The van der Waals surface area contributed by atoms with Gasteiger partial charge in [0.2, 0.25) is 0 Å². The van der Waals surface area contributed by atoms with Crippen LogP contribution in [-0.2, 0) is 11.2 Å². The number of benzene rings is 3. The molecule has 0 atom stereocenters. The molecule has 1 N–H and O–H groups in total. The number of hydrogen-bond acceptors (Lipinski definition) is 3. The monoisotopic (exact) mass is 425 g/mol. The van der Waals surface area contributed by atoms with Crippen molar-refractivity contribution < 1.29 is 9.53 Å². The van der Waals surface area contributed by atoms with Gasteiger partial charge < -0.3 is 10.1 Å². The Morgan fingerprint density at radius 3 is 2.34 bits per heavy atom. The third kappa shape index (κ3) is 4.89. The Bertz CT molecular complexity index is 1210. The van der Waals surface area contributed by atoms with Gasteiger partial charge in [0.25, 0.3) is 5.91 Å². The van der Waals surface area contributed by atoms with Gasteiger partial charge in [0.15, 0.2) is 6.61 Å². The minimum atomic E-state index is -0.214. The zero-order valence-electron chi connectivity index (χ0n) is 18.6. The average molecular weight is 426 g/mol. The summed E-state index contributed by atoms with van der Waals surface area (Å²) in [5.74, 6) is 0.504. The third-order valence-corrected chi connectivity index (χ3v) is 5.40. The van der Waals surface area contributed by atoms with Crippen LogP contribution >= 0.6 is 0 Å². The molecule has 1 aromatic heterocycles. The summed E-state index contributed by atoms with van der Waals surface area (Å²) in [6.45, 7) is 5.82. The molecule has 162 valence electrons. The minimum Gasteiger partial charge on any atom is -0.483 e. The largest absolute Gasteiger partial charge is 0.483 e. The Morgan fingerprint density at radius 2 is 1.59 bits per heavy atom. The van der Waals surface area contributed by atoms with Crippen molar-refractivity contribution in [2.75, 3.05) is 11.9 Å². The van der Waals surface area contributed by atoms with E-state index in [-0.39, 0.29) is 12.5 Å². The van der Waals surface area contributed by atoms with Crippen LogP contribution in [0.2, 0.25) is 0 Å². The predicted molar refractivity (Wildman–Crippen MR) is 128 cm³/mol. The van der Waals surface area contributed by atoms with Crippen LogP contribution in [0.5, 0.6) is 5.75 Å². The first kappa shape index (κ1) is 21.4. The standard InChI is InChI=1S/C27H27N3O2/c1-19-13-15-24(16-14-19)30-21(3)27(20(2)29-30)28-26(31)18-32-25-12-8-7-11-23(25)17-22-9-5-4-6-10-22/h4-16H,17-18H2,1-3H3,(H,28,31). The fourth-order valence-electron chi connectivity index (χ4n) is 3.69. The van der Waals surface area contributed by atoms with Crippen molar-refractivity contribution in [3.63, 3.8) is 0 Å². The van der Waals surface area contributed by atoms with E-state index in [0.29, 0.717) is 0 Å². The minimum absolute atomic E-state index is 0.0691. The number of carbonyl (C=O) groups excluding carboxylic acids is 1. The van der Waals surface area contributed by atoms with Crippen LogP contribution < -0.4 is 10.1 Å². The highest BCUT2D eigenvalue weighted by molar-refractivity contribution is 5.93. The van der Waals surface area contributed by atoms with Gasteiger partial charge in [0.1, 0.15) is 5.75 Å². The molecule has 32 heavy (non-hydrogen) atoms. The molecule has 5 nitrogen and oxygen atoms in total. The van der Waals surface area contributed by atoms with Gasteiger partial charge in [0.05, 0.1) is 22.8 Å². The second kappa shape index (κ2) is 9.52. The number of carbonyl (C=O) groups is 1. The van der Waals surface area contributed by atoms with E-state index in [9.17, 15) is 4.79 Å². The summed E-state index contributed by atoms with van der Waals surface area (Å²) in [5.41, 5.74) is 6.76. The normalized spacial score (nSPS) is 10.7. The molecule has 3 aromatic carbocycles. The van der Waals surface area contributed by atoms with Crippen molar-refractivity contribution in [3.8, 4) is 11.4 Å². The lowest BCUT2D eigenvalue weighted by molar-refractivity contribution is -0.118. The number of amides is 1. The summed E-state index contributed by atoms with van der Waals surface area (Å²) in [4.78, 5) is 12.7. The van der Waals surface area contributed by atoms with Crippen LogP contribution in [0.25, 0.3) is 5.69 Å². The first-order valence-electron chi connectivity index (χ1n) is 10.7. The second-order valence-electron chi connectivity index (χ2n) is 7.90. The van der Waals surface area contributed by atoms with Crippen molar-refractivity contribution in [1.29, 1.82) is 0 Å². The lowest BCUT2D eigenvalue weighted by Crippen LogP contribution is -2.21. The lowest BCUT2D eigenvalue weighted by Gasteiger charge is -2.12. The van der Waals surface area contributed by atoms with E-state index in [1.165, 1.54) is 11.1 Å². The molecule has 1 heterocycles. The van der Waals surface area contributed by atoms with Crippen molar-refractivity contribution >= 4 is 11.6 Å². The first-order valence-corrected chi connectivity index (χ1v) is 10.7. The van der Waals surface area contributed by atoms with Gasteiger partial charge in [-0.3, -0.25) is 4.79 Å². The molecule has 0 aliphatic rings. The van der Waals surface area contributed by atoms with Crippen LogP contribution in [0.15, 0.2) is 78.9 Å². The van der Waals surface area contributed by atoms with E-state index in [4.69, 9.17) is 4.74 Å². The van der Waals surface area contributed by atoms with Gasteiger partial charge in [0, 0.05) is 6.42 Å². The number of anilines is 1. The van der Waals surface area contributed by atoms with Crippen molar-refractivity contribution in [2.45, 2.75) is 27.2 Å². The topological polar surface area (TPSA) is 56.2 Å². The Hall–Kier alpha value is -3.86. The maximum atomic E-state index is 12.7. The molecule has 0 aliphatic heterocycles. The Labute approximate surface area is 188 Å². The van der Waals surface area contributed by atoms with Gasteiger partial charge in [-0.1, -0.05) is 66.2 Å². The number of aromatic nitrogens is 2. The molecule has 0 saturated carbocycles. The molecular formula is C27H27N3O2. The van der Waals surface area contributed by atoms with Crippen molar-refractivity contribution in [1.82, 2.24) is 9.78 Å². The van der Waals surface area contributed by atoms with Crippen LogP contribution in [-0.4, -0.2) is 22.3 Å². The van der Waals surface area contributed by atoms with Gasteiger partial charge in [-0.05, 0) is 50.1 Å². The second-order valence-corrected chi connectivity index (χ2v) is 7.90. The maximum absolute atomic E-state index is 12.7. The molecule has 0 saturated heterocycles. The van der Waals surface area contributed by atoms with E-state index in [2.05, 4.69) is 29.5 Å². The van der Waals surface area contributed by atoms with Crippen LogP contribution in [0.1, 0.15) is 28.1 Å². The molecule has 4 aromatic rings. The Balaban J connectivity index is 1.44. The molecular weight excluding hydrogens is 398 g/mol. The Morgan fingerprint density at radius 1 is 0.906 bits per heavy atom. The van der Waals surface area contributed by atoms with Gasteiger partial charge in [-0.2, -0.15) is 5.10 Å². The number of para-hydroxylation sites is 1. The van der Waals surface area contributed by atoms with E-state index >= 15 is 0 Å². The van der Waals surface area contributed by atoms with Gasteiger partial charge in [-0.25, -0.2) is 4.68 Å².